The van der Waals surface area contributed by atoms with Gasteiger partial charge in [0, 0.05) is 49.9 Å². The van der Waals surface area contributed by atoms with E-state index in [9.17, 15) is 9.59 Å². The van der Waals surface area contributed by atoms with Crippen molar-refractivity contribution in [2.75, 3.05) is 31.1 Å². The lowest BCUT2D eigenvalue weighted by Gasteiger charge is -2.35. The molecule has 8 heteroatoms. The molecule has 0 bridgehead atoms. The number of carboxylic acid groups (broad SMARTS) is 1. The van der Waals surface area contributed by atoms with Gasteiger partial charge in [0.2, 0.25) is 0 Å². The molecule has 1 fully saturated rings. The Hall–Kier alpha value is -2.90. The van der Waals surface area contributed by atoms with E-state index in [-0.39, 0.29) is 23.1 Å². The van der Waals surface area contributed by atoms with Gasteiger partial charge in [-0.05, 0) is 6.92 Å². The average molecular weight is 358 g/mol. The molecule has 2 aromatic rings. The fraction of sp³-hybridized carbons (Fsp3) is 0.444. The standard InChI is InChI=1S/C18H22N4O4/c1-11(2)16-19-12(3)8-15(20-16)21-4-6-22(7-5-21)17(23)14-9-13(10-26-14)18(24)25/h8-11H,4-7H2,1-3H3,(H,24,25). The molecule has 0 aromatic carbocycles. The van der Waals surface area contributed by atoms with Crippen LogP contribution in [-0.4, -0.2) is 58.0 Å². The predicted octanol–water partition coefficient (Wildman–Crippen LogP) is 2.16. The van der Waals surface area contributed by atoms with Gasteiger partial charge in [-0.25, -0.2) is 14.8 Å². The van der Waals surface area contributed by atoms with Crippen LogP contribution in [0.5, 0.6) is 0 Å². The molecule has 0 unspecified atom stereocenters. The predicted molar refractivity (Wildman–Crippen MR) is 94.6 cm³/mol. The zero-order chi connectivity index (χ0) is 18.8. The lowest BCUT2D eigenvalue weighted by atomic mass is 10.2. The van der Waals surface area contributed by atoms with Crippen LogP contribution in [0.15, 0.2) is 22.8 Å². The van der Waals surface area contributed by atoms with Crippen LogP contribution in [0.3, 0.4) is 0 Å². The number of aromatic nitrogens is 2. The smallest absolute Gasteiger partial charge is 0.338 e. The van der Waals surface area contributed by atoms with Crippen LogP contribution in [0.1, 0.15) is 52.2 Å². The largest absolute Gasteiger partial charge is 0.478 e. The van der Waals surface area contributed by atoms with Crippen molar-refractivity contribution in [1.29, 1.82) is 0 Å². The fourth-order valence-corrected chi connectivity index (χ4v) is 2.85. The maximum absolute atomic E-state index is 12.5. The zero-order valence-electron chi connectivity index (χ0n) is 15.1. The second kappa shape index (κ2) is 7.15. The van der Waals surface area contributed by atoms with E-state index < -0.39 is 5.97 Å². The third-order valence-electron chi connectivity index (χ3n) is 4.32. The number of carbonyl (C=O) groups excluding carboxylic acids is 1. The molecule has 1 N–H and O–H groups in total. The van der Waals surface area contributed by atoms with Crippen LogP contribution < -0.4 is 4.90 Å². The van der Waals surface area contributed by atoms with Crippen LogP contribution >= 0.6 is 0 Å². The number of rotatable bonds is 4. The molecule has 0 radical (unpaired) electrons. The van der Waals surface area contributed by atoms with Gasteiger partial charge < -0.3 is 19.3 Å². The molecular formula is C18H22N4O4. The number of hydrogen-bond acceptors (Lipinski definition) is 6. The summed E-state index contributed by atoms with van der Waals surface area (Å²) in [6, 6.07) is 3.22. The first-order valence-corrected chi connectivity index (χ1v) is 8.56. The minimum Gasteiger partial charge on any atom is -0.478 e. The molecule has 1 aliphatic rings. The number of amides is 1. The number of anilines is 1. The first kappa shape index (κ1) is 17.9. The number of aromatic carboxylic acids is 1. The van der Waals surface area contributed by atoms with Crippen molar-refractivity contribution >= 4 is 17.7 Å². The highest BCUT2D eigenvalue weighted by Gasteiger charge is 2.26. The first-order chi connectivity index (χ1) is 12.3. The summed E-state index contributed by atoms with van der Waals surface area (Å²) < 4.78 is 5.10. The Morgan fingerprint density at radius 1 is 1.15 bits per heavy atom. The summed E-state index contributed by atoms with van der Waals surface area (Å²) in [6.07, 6.45) is 1.09. The van der Waals surface area contributed by atoms with Crippen molar-refractivity contribution < 1.29 is 19.1 Å². The van der Waals surface area contributed by atoms with Crippen molar-refractivity contribution in [3.05, 3.63) is 41.2 Å². The summed E-state index contributed by atoms with van der Waals surface area (Å²) >= 11 is 0. The van der Waals surface area contributed by atoms with Gasteiger partial charge in [0.1, 0.15) is 17.9 Å². The van der Waals surface area contributed by atoms with E-state index >= 15 is 0 Å². The molecule has 3 rings (SSSR count). The van der Waals surface area contributed by atoms with E-state index in [0.29, 0.717) is 26.2 Å². The second-order valence-electron chi connectivity index (χ2n) is 6.66. The molecule has 1 saturated heterocycles. The Morgan fingerprint density at radius 2 is 1.85 bits per heavy atom. The fourth-order valence-electron chi connectivity index (χ4n) is 2.85. The zero-order valence-corrected chi connectivity index (χ0v) is 15.1. The van der Waals surface area contributed by atoms with Gasteiger partial charge >= 0.3 is 5.97 Å². The lowest BCUT2D eigenvalue weighted by molar-refractivity contribution is 0.0692. The Balaban J connectivity index is 1.67. The topological polar surface area (TPSA) is 99.8 Å². The molecular weight excluding hydrogens is 336 g/mol. The normalized spacial score (nSPS) is 14.8. The van der Waals surface area contributed by atoms with E-state index in [1.807, 2.05) is 13.0 Å². The number of furan rings is 1. The van der Waals surface area contributed by atoms with Crippen LogP contribution in [0.25, 0.3) is 0 Å². The van der Waals surface area contributed by atoms with Crippen molar-refractivity contribution in [3.8, 4) is 0 Å². The van der Waals surface area contributed by atoms with Crippen molar-refractivity contribution in [1.82, 2.24) is 14.9 Å². The molecule has 26 heavy (non-hydrogen) atoms. The van der Waals surface area contributed by atoms with Crippen LogP contribution in [0.2, 0.25) is 0 Å². The maximum Gasteiger partial charge on any atom is 0.338 e. The van der Waals surface area contributed by atoms with Crippen LogP contribution in [-0.2, 0) is 0 Å². The minimum atomic E-state index is -1.11. The van der Waals surface area contributed by atoms with Crippen LogP contribution in [0.4, 0.5) is 5.82 Å². The summed E-state index contributed by atoms with van der Waals surface area (Å²) in [7, 11) is 0. The number of carboxylic acids is 1. The summed E-state index contributed by atoms with van der Waals surface area (Å²) in [6.45, 7) is 8.39. The van der Waals surface area contributed by atoms with E-state index in [2.05, 4.69) is 28.7 Å². The SMILES string of the molecule is Cc1cc(N2CCN(C(=O)c3cc(C(=O)O)co3)CC2)nc(C(C)C)n1. The van der Waals surface area contributed by atoms with E-state index in [0.717, 1.165) is 23.6 Å². The quantitative estimate of drug-likeness (QED) is 0.894. The maximum atomic E-state index is 12.5. The second-order valence-corrected chi connectivity index (χ2v) is 6.66. The molecule has 138 valence electrons. The average Bonchev–Trinajstić information content (AvgIpc) is 3.11. The first-order valence-electron chi connectivity index (χ1n) is 8.56. The van der Waals surface area contributed by atoms with E-state index in [4.69, 9.17) is 9.52 Å². The Labute approximate surface area is 151 Å². The van der Waals surface area contributed by atoms with Gasteiger partial charge in [-0.15, -0.1) is 0 Å². The molecule has 0 saturated carbocycles. The number of piperazine rings is 1. The molecule has 0 spiro atoms. The van der Waals surface area contributed by atoms with E-state index in [1.54, 1.807) is 4.90 Å². The monoisotopic (exact) mass is 358 g/mol. The summed E-state index contributed by atoms with van der Waals surface area (Å²) in [4.78, 5) is 36.3. The van der Waals surface area contributed by atoms with E-state index in [1.165, 1.54) is 6.07 Å². The summed E-state index contributed by atoms with van der Waals surface area (Å²) in [5.74, 6) is 0.584. The molecule has 2 aromatic heterocycles. The Morgan fingerprint density at radius 3 is 2.42 bits per heavy atom. The highest BCUT2D eigenvalue weighted by molar-refractivity contribution is 5.95. The highest BCUT2D eigenvalue weighted by atomic mass is 16.4. The molecule has 8 nitrogen and oxygen atoms in total. The van der Waals surface area contributed by atoms with Gasteiger partial charge in [-0.2, -0.15) is 0 Å². The minimum absolute atomic E-state index is 0.0235. The Kier molecular flexibility index (Phi) is 4.92. The third kappa shape index (κ3) is 3.68. The molecule has 3 heterocycles. The molecule has 1 aliphatic heterocycles. The van der Waals surface area contributed by atoms with Gasteiger partial charge in [-0.1, -0.05) is 13.8 Å². The number of nitrogens with zero attached hydrogens (tertiary/aromatic N) is 4. The number of hydrogen-bond donors (Lipinski definition) is 1. The highest BCUT2D eigenvalue weighted by Crippen LogP contribution is 2.20. The molecule has 0 aliphatic carbocycles. The summed E-state index contributed by atoms with van der Waals surface area (Å²) in [5, 5.41) is 8.93. The number of aryl methyl sites for hydroxylation is 1. The van der Waals surface area contributed by atoms with Crippen molar-refractivity contribution in [2.45, 2.75) is 26.7 Å². The van der Waals surface area contributed by atoms with Crippen molar-refractivity contribution in [3.63, 3.8) is 0 Å². The Bertz CT molecular complexity index is 822. The lowest BCUT2D eigenvalue weighted by Crippen LogP contribution is -2.49. The van der Waals surface area contributed by atoms with Crippen molar-refractivity contribution in [2.24, 2.45) is 0 Å². The third-order valence-corrected chi connectivity index (χ3v) is 4.32. The van der Waals surface area contributed by atoms with Crippen LogP contribution in [0, 0.1) is 6.92 Å². The van der Waals surface area contributed by atoms with Gasteiger partial charge in [0.25, 0.3) is 5.91 Å². The number of carbonyl (C=O) groups is 2. The summed E-state index contributed by atoms with van der Waals surface area (Å²) in [5.41, 5.74) is 0.902. The van der Waals surface area contributed by atoms with Gasteiger partial charge in [-0.3, -0.25) is 4.79 Å². The van der Waals surface area contributed by atoms with Gasteiger partial charge in [0.15, 0.2) is 5.76 Å². The molecule has 1 amide bonds. The van der Waals surface area contributed by atoms with Gasteiger partial charge in [0.05, 0.1) is 5.56 Å². The molecule has 0 atom stereocenters.